The van der Waals surface area contributed by atoms with Crippen molar-refractivity contribution in [2.24, 2.45) is 0 Å². The zero-order chi connectivity index (χ0) is 8.27. The first kappa shape index (κ1) is 8.92. The Kier molecular flexibility index (Phi) is 3.25. The lowest BCUT2D eigenvalue weighted by molar-refractivity contribution is 1.00. The van der Waals surface area contributed by atoms with Crippen LogP contribution >= 0.6 is 34.8 Å². The van der Waals surface area contributed by atoms with Crippen LogP contribution in [0.4, 0.5) is 0 Å². The van der Waals surface area contributed by atoms with Crippen LogP contribution in [-0.2, 0) is 6.42 Å². The van der Waals surface area contributed by atoms with E-state index in [0.717, 1.165) is 16.4 Å². The molecule has 0 fully saturated rings. The Labute approximate surface area is 82.4 Å². The summed E-state index contributed by atoms with van der Waals surface area (Å²) >= 11 is 6.95. The van der Waals surface area contributed by atoms with Crippen LogP contribution in [0.25, 0.3) is 0 Å². The van der Waals surface area contributed by atoms with E-state index in [0.29, 0.717) is 4.77 Å². The lowest BCUT2D eigenvalue weighted by Gasteiger charge is -1.93. The first-order valence-corrected chi connectivity index (χ1v) is 5.04. The predicted octanol–water partition coefficient (Wildman–Crippen LogP) is 1.41. The van der Waals surface area contributed by atoms with Crippen LogP contribution in [0, 0.1) is 4.77 Å². The minimum absolute atomic E-state index is 0.0783. The Bertz CT molecular complexity index is 343. The average Bonchev–Trinajstić information content (AvgIpc) is 1.95. The van der Waals surface area contributed by atoms with Gasteiger partial charge < -0.3 is 4.98 Å². The number of nitrogens with one attached hydrogen (secondary N) is 2. The molecule has 0 aliphatic carbocycles. The van der Waals surface area contributed by atoms with Gasteiger partial charge in [-0.2, -0.15) is 0 Å². The molecule has 0 saturated heterocycles. The van der Waals surface area contributed by atoms with Crippen molar-refractivity contribution in [3.63, 3.8) is 0 Å². The fourth-order valence-corrected chi connectivity index (χ4v) is 1.46. The van der Waals surface area contributed by atoms with E-state index in [1.165, 1.54) is 0 Å². The number of hydrogen-bond donors (Lipinski definition) is 2. The highest BCUT2D eigenvalue weighted by atomic mass is 127. The molecular weight excluding hydrogens is 275 g/mol. The van der Waals surface area contributed by atoms with Crippen molar-refractivity contribution in [1.82, 2.24) is 9.97 Å². The fraction of sp³-hybridized carbons (Fsp3) is 0.333. The maximum Gasteiger partial charge on any atom is 0.254 e. The van der Waals surface area contributed by atoms with Crippen LogP contribution in [0.3, 0.4) is 0 Å². The summed E-state index contributed by atoms with van der Waals surface area (Å²) in [5, 5.41) is 0. The number of rotatable bonds is 2. The second-order valence-corrected chi connectivity index (χ2v) is 3.52. The molecule has 0 spiro atoms. The van der Waals surface area contributed by atoms with Gasteiger partial charge in [0.25, 0.3) is 5.56 Å². The van der Waals surface area contributed by atoms with Crippen LogP contribution in [0.15, 0.2) is 11.0 Å². The summed E-state index contributed by atoms with van der Waals surface area (Å²) in [4.78, 5) is 16.4. The van der Waals surface area contributed by atoms with Crippen molar-refractivity contribution in [3.8, 4) is 0 Å². The van der Waals surface area contributed by atoms with Crippen LogP contribution in [0.2, 0.25) is 0 Å². The Morgan fingerprint density at radius 1 is 1.64 bits per heavy atom. The maximum absolute atomic E-state index is 11.1. The molecule has 60 valence electrons. The minimum atomic E-state index is -0.0783. The van der Waals surface area contributed by atoms with Crippen molar-refractivity contribution < 1.29 is 0 Å². The Hall–Kier alpha value is -0.170. The van der Waals surface area contributed by atoms with Gasteiger partial charge in [0.15, 0.2) is 4.77 Å². The van der Waals surface area contributed by atoms with E-state index in [1.807, 2.05) is 0 Å². The van der Waals surface area contributed by atoms with Crippen LogP contribution in [0.5, 0.6) is 0 Å². The SMILES string of the molecule is O=c1[nH]c(=S)[nH]cc1CCI. The van der Waals surface area contributed by atoms with Gasteiger partial charge in [-0.3, -0.25) is 9.78 Å². The van der Waals surface area contributed by atoms with E-state index < -0.39 is 0 Å². The monoisotopic (exact) mass is 282 g/mol. The molecule has 1 aromatic heterocycles. The first-order chi connectivity index (χ1) is 5.24. The molecule has 1 aromatic rings. The highest BCUT2D eigenvalue weighted by Gasteiger charge is 1.95. The summed E-state index contributed by atoms with van der Waals surface area (Å²) in [5.41, 5.74) is 0.679. The summed E-state index contributed by atoms with van der Waals surface area (Å²) in [6, 6.07) is 0. The molecule has 1 rings (SSSR count). The zero-order valence-electron chi connectivity index (χ0n) is 5.69. The molecule has 1 heterocycles. The number of H-pyrrole nitrogens is 2. The third-order valence-electron chi connectivity index (χ3n) is 1.26. The van der Waals surface area contributed by atoms with Crippen molar-refractivity contribution in [1.29, 1.82) is 0 Å². The van der Waals surface area contributed by atoms with E-state index in [2.05, 4.69) is 32.6 Å². The first-order valence-electron chi connectivity index (χ1n) is 3.11. The summed E-state index contributed by atoms with van der Waals surface area (Å²) in [7, 11) is 0. The lowest BCUT2D eigenvalue weighted by atomic mass is 10.3. The number of aromatic amines is 2. The van der Waals surface area contributed by atoms with Gasteiger partial charge in [-0.15, -0.1) is 0 Å². The van der Waals surface area contributed by atoms with Crippen molar-refractivity contribution >= 4 is 34.8 Å². The molecule has 0 amide bonds. The molecule has 0 aromatic carbocycles. The molecule has 0 saturated carbocycles. The third-order valence-corrected chi connectivity index (χ3v) is 2.02. The highest BCUT2D eigenvalue weighted by molar-refractivity contribution is 14.1. The average molecular weight is 282 g/mol. The molecular formula is C6H7IN2OS. The summed E-state index contributed by atoms with van der Waals surface area (Å²) in [6.07, 6.45) is 2.45. The van der Waals surface area contributed by atoms with E-state index in [1.54, 1.807) is 6.20 Å². The smallest absolute Gasteiger partial charge is 0.254 e. The quantitative estimate of drug-likeness (QED) is 0.489. The Balaban J connectivity index is 3.10. The highest BCUT2D eigenvalue weighted by Crippen LogP contribution is 1.92. The molecule has 0 aliphatic heterocycles. The topological polar surface area (TPSA) is 48.6 Å². The van der Waals surface area contributed by atoms with Crippen LogP contribution < -0.4 is 5.56 Å². The minimum Gasteiger partial charge on any atom is -0.338 e. The number of alkyl halides is 1. The largest absolute Gasteiger partial charge is 0.338 e. The molecule has 0 bridgehead atoms. The van der Waals surface area contributed by atoms with Gasteiger partial charge in [-0.1, -0.05) is 22.6 Å². The van der Waals surface area contributed by atoms with Crippen molar-refractivity contribution in [2.45, 2.75) is 6.42 Å². The number of aryl methyl sites for hydroxylation is 1. The second-order valence-electron chi connectivity index (χ2n) is 2.04. The van der Waals surface area contributed by atoms with Gasteiger partial charge in [-0.25, -0.2) is 0 Å². The standard InChI is InChI=1S/C6H7IN2OS/c7-2-1-4-3-8-6(11)9-5(4)10/h3H,1-2H2,(H2,8,9,10,11). The Morgan fingerprint density at radius 2 is 2.36 bits per heavy atom. The second kappa shape index (κ2) is 4.01. The lowest BCUT2D eigenvalue weighted by Crippen LogP contribution is -2.13. The van der Waals surface area contributed by atoms with Gasteiger partial charge >= 0.3 is 0 Å². The zero-order valence-corrected chi connectivity index (χ0v) is 8.66. The van der Waals surface area contributed by atoms with E-state index in [-0.39, 0.29) is 5.56 Å². The van der Waals surface area contributed by atoms with Gasteiger partial charge in [0.2, 0.25) is 0 Å². The van der Waals surface area contributed by atoms with Gasteiger partial charge in [0.1, 0.15) is 0 Å². The molecule has 0 atom stereocenters. The summed E-state index contributed by atoms with van der Waals surface area (Å²) < 4.78 is 1.32. The Morgan fingerprint density at radius 3 is 2.91 bits per heavy atom. The van der Waals surface area contributed by atoms with Gasteiger partial charge in [-0.05, 0) is 18.6 Å². The number of hydrogen-bond acceptors (Lipinski definition) is 2. The maximum atomic E-state index is 11.1. The number of halogens is 1. The molecule has 0 unspecified atom stereocenters. The van der Waals surface area contributed by atoms with E-state index in [4.69, 9.17) is 12.2 Å². The van der Waals surface area contributed by atoms with Crippen molar-refractivity contribution in [3.05, 3.63) is 26.9 Å². The number of aromatic nitrogens is 2. The summed E-state index contributed by atoms with van der Waals surface area (Å²) in [5.74, 6) is 0. The molecule has 0 aliphatic rings. The fourth-order valence-electron chi connectivity index (χ4n) is 0.725. The van der Waals surface area contributed by atoms with Gasteiger partial charge in [0, 0.05) is 16.2 Å². The van der Waals surface area contributed by atoms with Crippen LogP contribution in [-0.4, -0.2) is 14.4 Å². The predicted molar refractivity (Wildman–Crippen MR) is 54.8 cm³/mol. The third kappa shape index (κ3) is 2.41. The molecule has 3 nitrogen and oxygen atoms in total. The molecule has 5 heteroatoms. The molecule has 2 N–H and O–H groups in total. The van der Waals surface area contributed by atoms with Crippen LogP contribution in [0.1, 0.15) is 5.56 Å². The van der Waals surface area contributed by atoms with Gasteiger partial charge in [0.05, 0.1) is 0 Å². The normalized spacial score (nSPS) is 9.91. The van der Waals surface area contributed by atoms with E-state index >= 15 is 0 Å². The van der Waals surface area contributed by atoms with Crippen molar-refractivity contribution in [2.75, 3.05) is 4.43 Å². The molecule has 0 radical (unpaired) electrons. The van der Waals surface area contributed by atoms with E-state index in [9.17, 15) is 4.79 Å². The summed E-state index contributed by atoms with van der Waals surface area (Å²) in [6.45, 7) is 0. The molecule has 11 heavy (non-hydrogen) atoms.